The van der Waals surface area contributed by atoms with Gasteiger partial charge in [-0.25, -0.2) is 44.3 Å². The van der Waals surface area contributed by atoms with Crippen molar-refractivity contribution in [2.24, 2.45) is 30.7 Å². The molecule has 4 saturated heterocycles. The van der Waals surface area contributed by atoms with Gasteiger partial charge in [-0.2, -0.15) is 10.2 Å². The number of amides is 4. The van der Waals surface area contributed by atoms with Crippen LogP contribution in [0.3, 0.4) is 0 Å². The van der Waals surface area contributed by atoms with Crippen molar-refractivity contribution in [3.63, 3.8) is 0 Å². The third-order valence-electron chi connectivity index (χ3n) is 24.5. The van der Waals surface area contributed by atoms with Gasteiger partial charge in [-0.15, -0.1) is 0 Å². The van der Waals surface area contributed by atoms with Crippen LogP contribution in [0.15, 0.2) is 208 Å². The Hall–Kier alpha value is -13.3. The normalized spacial score (nSPS) is 22.3. The minimum atomic E-state index is -0.564. The third-order valence-corrected chi connectivity index (χ3v) is 24.5. The van der Waals surface area contributed by atoms with E-state index in [2.05, 4.69) is 55.2 Å². The second-order valence-electron chi connectivity index (χ2n) is 32.7. The quantitative estimate of drug-likeness (QED) is 0.0835. The fraction of sp³-hybridized carbons (Fsp3) is 0.340. The number of likely N-dealkylation sites (tertiary alicyclic amines) is 4. The summed E-state index contributed by atoms with van der Waals surface area (Å²) in [7, 11) is 5.08. The van der Waals surface area contributed by atoms with Crippen LogP contribution < -0.4 is 28.4 Å². The lowest BCUT2D eigenvalue weighted by molar-refractivity contribution is 0.0460. The Kier molecular flexibility index (Phi) is 23.1. The molecule has 618 valence electrons. The van der Waals surface area contributed by atoms with E-state index in [1.807, 2.05) is 183 Å². The van der Waals surface area contributed by atoms with Crippen molar-refractivity contribution in [2.45, 2.75) is 135 Å². The van der Waals surface area contributed by atoms with E-state index in [9.17, 15) is 23.6 Å². The number of ether oxygens (including phenoxy) is 6. The number of aromatic amines is 1. The molecule has 4 aliphatic heterocycles. The number of hydrogen-bond donors (Lipinski definition) is 1. The van der Waals surface area contributed by atoms with Crippen LogP contribution in [0.2, 0.25) is 0 Å². The maximum absolute atomic E-state index is 14.8. The summed E-state index contributed by atoms with van der Waals surface area (Å²) < 4.78 is 52.5. The molecule has 12 heterocycles. The fourth-order valence-corrected chi connectivity index (χ4v) is 18.9. The first kappa shape index (κ1) is 80.1. The van der Waals surface area contributed by atoms with E-state index in [4.69, 9.17) is 28.4 Å². The van der Waals surface area contributed by atoms with Gasteiger partial charge in [0.15, 0.2) is 11.6 Å². The minimum Gasteiger partial charge on any atom is -0.496 e. The van der Waals surface area contributed by atoms with Crippen molar-refractivity contribution >= 4 is 23.6 Å². The Morgan fingerprint density at radius 2 is 0.752 bits per heavy atom. The Morgan fingerprint density at radius 1 is 0.380 bits per heavy atom. The number of rotatable bonds is 18. The largest absolute Gasteiger partial charge is 0.496 e. The van der Waals surface area contributed by atoms with E-state index in [0.717, 1.165) is 127 Å². The van der Waals surface area contributed by atoms with Crippen molar-refractivity contribution in [1.82, 2.24) is 79.4 Å². The Bertz CT molecular complexity index is 5680. The predicted octanol–water partition coefficient (Wildman–Crippen LogP) is 14.5. The van der Waals surface area contributed by atoms with Gasteiger partial charge in [0, 0.05) is 141 Å². The molecule has 8 aromatic heterocycles. The summed E-state index contributed by atoms with van der Waals surface area (Å²) in [5, 5.41) is 11.4. The molecule has 121 heavy (non-hydrogen) atoms. The number of halogens is 1. The second kappa shape index (κ2) is 34.9. The average molecular weight is 1630 g/mol. The zero-order valence-corrected chi connectivity index (χ0v) is 68.7. The Morgan fingerprint density at radius 3 is 1.12 bits per heavy atom. The summed E-state index contributed by atoms with van der Waals surface area (Å²) in [6.07, 6.45) is 24.4. The highest BCUT2D eigenvalue weighted by molar-refractivity contribution is 6.05. The van der Waals surface area contributed by atoms with Crippen LogP contribution in [0.25, 0.3) is 45.3 Å². The number of methoxy groups -OCH3 is 2. The first-order chi connectivity index (χ1) is 58.9. The lowest BCUT2D eigenvalue weighted by Crippen LogP contribution is -2.47. The zero-order chi connectivity index (χ0) is 83.5. The number of hydrogen-bond acceptors (Lipinski definition) is 20. The maximum Gasteiger partial charge on any atom is 0.258 e. The van der Waals surface area contributed by atoms with Crippen LogP contribution in [0.4, 0.5) is 4.39 Å². The number of nitrogens with one attached hydrogen (secondary N) is 1. The highest BCUT2D eigenvalue weighted by atomic mass is 19.1. The first-order valence-corrected chi connectivity index (χ1v) is 41.2. The van der Waals surface area contributed by atoms with Crippen molar-refractivity contribution in [2.75, 3.05) is 40.4 Å². The van der Waals surface area contributed by atoms with Crippen molar-refractivity contribution in [3.05, 3.63) is 263 Å². The summed E-state index contributed by atoms with van der Waals surface area (Å²) in [6, 6.07) is 44.3. The molecule has 8 bridgehead atoms. The molecule has 27 heteroatoms. The van der Waals surface area contributed by atoms with Crippen LogP contribution in [0.1, 0.15) is 121 Å². The van der Waals surface area contributed by atoms with Gasteiger partial charge in [-0.3, -0.25) is 29.0 Å². The summed E-state index contributed by atoms with van der Waals surface area (Å²) in [5.74, 6) is 5.09. The number of aryl methyl sites for hydroxylation is 6. The summed E-state index contributed by atoms with van der Waals surface area (Å²) in [5.41, 5.74) is 11.8. The molecule has 12 atom stereocenters. The van der Waals surface area contributed by atoms with Gasteiger partial charge in [-0.1, -0.05) is 78.9 Å². The Labute approximate surface area is 700 Å². The van der Waals surface area contributed by atoms with Crippen molar-refractivity contribution in [1.29, 1.82) is 0 Å². The standard InChI is InChI=1S/C24H24N4O3.C24H26N4O2.C23H21FN4O2.C23H24N4O3/c1-15-7-8-21(27-13-15)31-20-12-16-11-18(20)28(14-16)24(29)22-17(5-3-6-19(22)30-2)23-25-9-4-10-26-23;1-15-8-9-22(25-12-15)30-21-11-17-10-20(21)28(14-17)24(29)19-7-5-4-6-18(19)23-16(2)13-26-27(23)3;1-14-6-7-20(27-12-14)30-19-11-15-10-18(19)28(13-15)23(29)21-16(4-2-5-17(21)24)22-25-8-3-9-26-22;1-14-6-7-21(24-12-14)30-20-11-15-10-18(20)27(13-15)23(28)22-16(17-8-9-25-26-17)4-3-5-19(22)29-2/h3-10,13,16,18,20H,11-12,14H2,1-2H3;4-9,12-13,17,20-21H,10-11,14H2,1-3H3;2-9,12,15,18-19H,10-11,13H2,1H3;3-9,12,15,18,20H,10-11,13H2,1-2H3,(H,25,26). The molecule has 4 aliphatic carbocycles. The van der Waals surface area contributed by atoms with E-state index in [0.29, 0.717) is 99.1 Å². The number of aromatic nitrogens is 12. The molecule has 8 fully saturated rings. The summed E-state index contributed by atoms with van der Waals surface area (Å²) in [6.45, 7) is 12.9. The average Bonchev–Trinajstić information content (AvgIpc) is 1.62. The van der Waals surface area contributed by atoms with Crippen molar-refractivity contribution in [3.8, 4) is 80.3 Å². The number of carbonyl (C=O) groups is 4. The van der Waals surface area contributed by atoms with Crippen LogP contribution in [0.5, 0.6) is 35.0 Å². The summed E-state index contributed by atoms with van der Waals surface area (Å²) in [4.78, 5) is 96.8. The van der Waals surface area contributed by atoms with Gasteiger partial charge in [-0.05, 0) is 180 Å². The van der Waals surface area contributed by atoms with Gasteiger partial charge in [0.25, 0.3) is 23.6 Å². The molecule has 8 aliphatic rings. The smallest absolute Gasteiger partial charge is 0.258 e. The molecule has 12 aromatic rings. The monoisotopic (exact) mass is 1630 g/mol. The van der Waals surface area contributed by atoms with Gasteiger partial charge in [0.1, 0.15) is 41.7 Å². The van der Waals surface area contributed by atoms with E-state index >= 15 is 0 Å². The second-order valence-corrected chi connectivity index (χ2v) is 32.7. The minimum absolute atomic E-state index is 0.00601. The van der Waals surface area contributed by atoms with Gasteiger partial charge in [0.05, 0.1) is 72.7 Å². The van der Waals surface area contributed by atoms with Crippen LogP contribution >= 0.6 is 0 Å². The molecule has 4 amide bonds. The molecule has 0 radical (unpaired) electrons. The van der Waals surface area contributed by atoms with E-state index < -0.39 is 5.82 Å². The molecular formula is C94H95FN16O10. The summed E-state index contributed by atoms with van der Waals surface area (Å²) >= 11 is 0. The fourth-order valence-electron chi connectivity index (χ4n) is 18.9. The highest BCUT2D eigenvalue weighted by Crippen LogP contribution is 2.47. The van der Waals surface area contributed by atoms with Crippen molar-refractivity contribution < 1.29 is 52.0 Å². The number of H-pyrrole nitrogens is 1. The number of pyridine rings is 4. The van der Waals surface area contributed by atoms with Crippen LogP contribution in [-0.4, -0.2) is 192 Å². The van der Waals surface area contributed by atoms with Crippen LogP contribution in [0, 0.1) is 64.1 Å². The number of benzene rings is 4. The number of fused-ring (bicyclic) bond motifs is 8. The van der Waals surface area contributed by atoms with Gasteiger partial charge in [0.2, 0.25) is 23.5 Å². The predicted molar refractivity (Wildman–Crippen MR) is 449 cm³/mol. The molecule has 12 unspecified atom stereocenters. The molecule has 4 saturated carbocycles. The van der Waals surface area contributed by atoms with E-state index in [-0.39, 0.29) is 77.8 Å². The highest BCUT2D eigenvalue weighted by Gasteiger charge is 2.53. The third kappa shape index (κ3) is 16.8. The number of carbonyl (C=O) groups excluding carboxylic acids is 4. The molecule has 1 N–H and O–H groups in total. The number of piperidine rings is 4. The van der Waals surface area contributed by atoms with Crippen LogP contribution in [-0.2, 0) is 7.05 Å². The molecule has 4 aromatic carbocycles. The molecular weight excluding hydrogens is 1530 g/mol. The lowest BCUT2D eigenvalue weighted by atomic mass is 9.99. The maximum atomic E-state index is 14.8. The SMILES string of the molecule is COc1cccc(-c2ccn[nH]2)c1C(=O)N1CC2CC(Oc3ccc(C)cn3)C1C2.COc1cccc(-c2ncccn2)c1C(=O)N1CC2CC(Oc3ccc(C)cn3)C1C2.Cc1ccc(OC2CC3CC2N(C(=O)c2c(F)cccc2-c2ncccn2)C3)nc1.Cc1ccc(OC2CC3CC2N(C(=O)c2ccccc2-c2c(C)cnn2C)C3)nc1. The lowest BCUT2D eigenvalue weighted by Gasteiger charge is -2.33. The molecule has 26 nitrogen and oxygen atoms in total. The van der Waals surface area contributed by atoms with Gasteiger partial charge < -0.3 is 48.0 Å². The number of nitrogens with zero attached hydrogens (tertiary/aromatic N) is 15. The molecule has 20 rings (SSSR count). The van der Waals surface area contributed by atoms with E-state index in [1.54, 1.807) is 99.0 Å². The topological polar surface area (TPSA) is 286 Å². The molecule has 0 spiro atoms. The Balaban J connectivity index is 0.000000115. The van der Waals surface area contributed by atoms with E-state index in [1.165, 1.54) is 6.07 Å². The van der Waals surface area contributed by atoms with Gasteiger partial charge >= 0.3 is 0 Å². The zero-order valence-electron chi connectivity index (χ0n) is 68.7. The first-order valence-electron chi connectivity index (χ1n) is 41.2.